The summed E-state index contributed by atoms with van der Waals surface area (Å²) in [6.07, 6.45) is 2.86. The first-order chi connectivity index (χ1) is 12.8. The summed E-state index contributed by atoms with van der Waals surface area (Å²) < 4.78 is 11.4. The highest BCUT2D eigenvalue weighted by atomic mass is 16.5. The number of benzene rings is 1. The topological polar surface area (TPSA) is 109 Å². The lowest BCUT2D eigenvalue weighted by atomic mass is 10.1. The van der Waals surface area contributed by atoms with Gasteiger partial charge in [0.2, 0.25) is 0 Å². The third-order valence-electron chi connectivity index (χ3n) is 4.03. The zero-order valence-electron chi connectivity index (χ0n) is 13.8. The highest BCUT2D eigenvalue weighted by molar-refractivity contribution is 5.68. The molecule has 2 aromatic heterocycles. The van der Waals surface area contributed by atoms with E-state index in [2.05, 4.69) is 25.8 Å². The van der Waals surface area contributed by atoms with Crippen LogP contribution in [0.3, 0.4) is 0 Å². The van der Waals surface area contributed by atoms with E-state index in [1.165, 1.54) is 12.4 Å². The highest BCUT2D eigenvalue weighted by Crippen LogP contribution is 2.32. The summed E-state index contributed by atoms with van der Waals surface area (Å²) in [6, 6.07) is 11.4. The molecule has 3 aromatic rings. The second-order valence-corrected chi connectivity index (χ2v) is 5.93. The molecule has 0 amide bonds. The standard InChI is InChI=1S/C18H16N6O2/c19-6-13-9-22-18(10-21-13)23-17-5-16(26-24-17)14-3-1-2-4-15(14)25-11-12-7-20-8-12/h1-5,9-10,12,20H,7-8,11H2,(H,22,23,24). The molecule has 0 bridgehead atoms. The van der Waals surface area contributed by atoms with Crippen LogP contribution >= 0.6 is 0 Å². The fourth-order valence-electron chi connectivity index (χ4n) is 2.51. The molecule has 1 aliphatic heterocycles. The number of hydrogen-bond acceptors (Lipinski definition) is 8. The van der Waals surface area contributed by atoms with E-state index >= 15 is 0 Å². The van der Waals surface area contributed by atoms with Gasteiger partial charge < -0.3 is 19.9 Å². The normalized spacial score (nSPS) is 13.7. The molecule has 8 nitrogen and oxygen atoms in total. The average molecular weight is 348 g/mol. The van der Waals surface area contributed by atoms with Gasteiger partial charge in [0.1, 0.15) is 17.6 Å². The number of nitriles is 1. The van der Waals surface area contributed by atoms with Gasteiger partial charge in [-0.05, 0) is 12.1 Å². The first-order valence-electron chi connectivity index (χ1n) is 8.20. The number of rotatable bonds is 6. The van der Waals surface area contributed by atoms with Crippen molar-refractivity contribution in [3.05, 3.63) is 48.4 Å². The summed E-state index contributed by atoms with van der Waals surface area (Å²) in [4.78, 5) is 8.06. The minimum Gasteiger partial charge on any atom is -0.492 e. The summed E-state index contributed by atoms with van der Waals surface area (Å²) in [5.74, 6) is 2.88. The molecule has 0 aliphatic carbocycles. The van der Waals surface area contributed by atoms with Crippen molar-refractivity contribution >= 4 is 11.6 Å². The van der Waals surface area contributed by atoms with Gasteiger partial charge in [-0.25, -0.2) is 9.97 Å². The Kier molecular flexibility index (Phi) is 4.45. The molecule has 130 valence electrons. The van der Waals surface area contributed by atoms with Crippen LogP contribution in [0.5, 0.6) is 5.75 Å². The number of para-hydroxylation sites is 1. The molecular formula is C18H16N6O2. The van der Waals surface area contributed by atoms with Crippen molar-refractivity contribution in [2.75, 3.05) is 25.0 Å². The minimum absolute atomic E-state index is 0.254. The summed E-state index contributed by atoms with van der Waals surface area (Å²) in [6.45, 7) is 2.65. The number of nitrogens with zero attached hydrogens (tertiary/aromatic N) is 4. The Hall–Kier alpha value is -3.44. The van der Waals surface area contributed by atoms with Gasteiger partial charge in [0.15, 0.2) is 17.3 Å². The second-order valence-electron chi connectivity index (χ2n) is 5.93. The Labute approximate surface area is 149 Å². The fraction of sp³-hybridized carbons (Fsp3) is 0.222. The first-order valence-corrected chi connectivity index (χ1v) is 8.20. The largest absolute Gasteiger partial charge is 0.492 e. The Morgan fingerprint density at radius 3 is 2.85 bits per heavy atom. The molecule has 1 aromatic carbocycles. The van der Waals surface area contributed by atoms with Crippen LogP contribution in [0.1, 0.15) is 5.69 Å². The third kappa shape index (κ3) is 3.48. The lowest BCUT2D eigenvalue weighted by molar-refractivity contribution is 0.199. The van der Waals surface area contributed by atoms with Crippen molar-refractivity contribution in [1.29, 1.82) is 5.26 Å². The molecule has 0 saturated carbocycles. The van der Waals surface area contributed by atoms with E-state index in [1.54, 1.807) is 6.07 Å². The molecule has 1 saturated heterocycles. The van der Waals surface area contributed by atoms with Gasteiger partial charge in [0.05, 0.1) is 24.6 Å². The van der Waals surface area contributed by atoms with E-state index in [0.717, 1.165) is 24.4 Å². The maximum atomic E-state index is 8.76. The molecule has 0 spiro atoms. The van der Waals surface area contributed by atoms with Crippen molar-refractivity contribution in [2.45, 2.75) is 0 Å². The van der Waals surface area contributed by atoms with Crippen LogP contribution in [0, 0.1) is 17.2 Å². The van der Waals surface area contributed by atoms with E-state index in [0.29, 0.717) is 29.9 Å². The Morgan fingerprint density at radius 2 is 2.12 bits per heavy atom. The van der Waals surface area contributed by atoms with Gasteiger partial charge in [0.25, 0.3) is 0 Å². The van der Waals surface area contributed by atoms with Crippen LogP contribution in [0.25, 0.3) is 11.3 Å². The predicted octanol–water partition coefficient (Wildman–Crippen LogP) is 2.35. The monoisotopic (exact) mass is 348 g/mol. The van der Waals surface area contributed by atoms with Gasteiger partial charge in [-0.1, -0.05) is 17.3 Å². The second kappa shape index (κ2) is 7.21. The highest BCUT2D eigenvalue weighted by Gasteiger charge is 2.19. The lowest BCUT2D eigenvalue weighted by Gasteiger charge is -2.27. The average Bonchev–Trinajstić information content (AvgIpc) is 3.10. The van der Waals surface area contributed by atoms with E-state index in [9.17, 15) is 0 Å². The number of nitrogens with one attached hydrogen (secondary N) is 2. The van der Waals surface area contributed by atoms with Crippen LogP contribution in [0.2, 0.25) is 0 Å². The van der Waals surface area contributed by atoms with Crippen molar-refractivity contribution < 1.29 is 9.26 Å². The van der Waals surface area contributed by atoms with Crippen molar-refractivity contribution in [2.24, 2.45) is 5.92 Å². The zero-order valence-corrected chi connectivity index (χ0v) is 13.8. The molecule has 0 atom stereocenters. The van der Waals surface area contributed by atoms with Crippen LogP contribution in [-0.2, 0) is 0 Å². The third-order valence-corrected chi connectivity index (χ3v) is 4.03. The molecule has 3 heterocycles. The Balaban J connectivity index is 1.49. The van der Waals surface area contributed by atoms with Crippen LogP contribution in [0.15, 0.2) is 47.2 Å². The van der Waals surface area contributed by atoms with Gasteiger partial charge in [-0.2, -0.15) is 5.26 Å². The fourth-order valence-corrected chi connectivity index (χ4v) is 2.51. The van der Waals surface area contributed by atoms with Crippen molar-refractivity contribution in [3.8, 4) is 23.1 Å². The van der Waals surface area contributed by atoms with Crippen molar-refractivity contribution in [1.82, 2.24) is 20.4 Å². The maximum absolute atomic E-state index is 8.76. The van der Waals surface area contributed by atoms with E-state index < -0.39 is 0 Å². The zero-order chi connectivity index (χ0) is 17.8. The first kappa shape index (κ1) is 16.1. The molecule has 8 heteroatoms. The Morgan fingerprint density at radius 1 is 1.23 bits per heavy atom. The van der Waals surface area contributed by atoms with Crippen LogP contribution in [-0.4, -0.2) is 34.8 Å². The van der Waals surface area contributed by atoms with Gasteiger partial charge in [0, 0.05) is 25.1 Å². The lowest BCUT2D eigenvalue weighted by Crippen LogP contribution is -2.45. The number of anilines is 2. The smallest absolute Gasteiger partial charge is 0.175 e. The van der Waals surface area contributed by atoms with Crippen LogP contribution in [0.4, 0.5) is 11.6 Å². The van der Waals surface area contributed by atoms with Gasteiger partial charge >= 0.3 is 0 Å². The van der Waals surface area contributed by atoms with E-state index in [-0.39, 0.29) is 5.69 Å². The SMILES string of the molecule is N#Cc1cnc(Nc2cc(-c3ccccc3OCC3CNC3)on2)cn1. The molecule has 2 N–H and O–H groups in total. The van der Waals surface area contributed by atoms with E-state index in [1.807, 2.05) is 30.3 Å². The summed E-state index contributed by atoms with van der Waals surface area (Å²) in [5.41, 5.74) is 1.09. The van der Waals surface area contributed by atoms with Crippen LogP contribution < -0.4 is 15.4 Å². The molecular weight excluding hydrogens is 332 g/mol. The molecule has 0 unspecified atom stereocenters. The number of aromatic nitrogens is 3. The Bertz CT molecular complexity index is 927. The van der Waals surface area contributed by atoms with E-state index in [4.69, 9.17) is 14.5 Å². The summed E-state index contributed by atoms with van der Waals surface area (Å²) in [5, 5.41) is 19.0. The summed E-state index contributed by atoms with van der Waals surface area (Å²) >= 11 is 0. The maximum Gasteiger partial charge on any atom is 0.175 e. The summed E-state index contributed by atoms with van der Waals surface area (Å²) in [7, 11) is 0. The number of hydrogen-bond donors (Lipinski definition) is 2. The molecule has 4 rings (SSSR count). The van der Waals surface area contributed by atoms with Crippen molar-refractivity contribution in [3.63, 3.8) is 0 Å². The number of ether oxygens (including phenoxy) is 1. The molecule has 0 radical (unpaired) electrons. The molecule has 1 fully saturated rings. The van der Waals surface area contributed by atoms with Gasteiger partial charge in [-0.3, -0.25) is 0 Å². The molecule has 26 heavy (non-hydrogen) atoms. The molecule has 1 aliphatic rings. The van der Waals surface area contributed by atoms with Gasteiger partial charge in [-0.15, -0.1) is 0 Å². The predicted molar refractivity (Wildman–Crippen MR) is 93.8 cm³/mol. The minimum atomic E-state index is 0.254. The quantitative estimate of drug-likeness (QED) is 0.699.